The van der Waals surface area contributed by atoms with Crippen LogP contribution in [-0.4, -0.2) is 40.5 Å². The predicted octanol–water partition coefficient (Wildman–Crippen LogP) is 7.81. The van der Waals surface area contributed by atoms with Gasteiger partial charge in [-0.3, -0.25) is 0 Å². The Labute approximate surface area is 215 Å². The molecule has 0 saturated carbocycles. The maximum atomic E-state index is 6.14. The Balaban J connectivity index is 0.000000479. The first kappa shape index (κ1) is 29.6. The van der Waals surface area contributed by atoms with Gasteiger partial charge in [-0.25, -0.2) is 0 Å². The van der Waals surface area contributed by atoms with Crippen LogP contribution in [0.2, 0.25) is 0 Å². The van der Waals surface area contributed by atoms with Crippen LogP contribution in [0.1, 0.15) is 30.9 Å². The minimum atomic E-state index is -5.42. The average Bonchev–Trinajstić information content (AvgIpc) is 2.73. The molecule has 1 fully saturated rings. The van der Waals surface area contributed by atoms with Gasteiger partial charge < -0.3 is 18.6 Å². The second-order valence-corrected chi connectivity index (χ2v) is 64.2. The van der Waals surface area contributed by atoms with Gasteiger partial charge in [-0.15, -0.1) is 0 Å². The number of benzene rings is 2. The number of hydrogen-bond acceptors (Lipinski definition) is 3. The van der Waals surface area contributed by atoms with E-state index < -0.39 is 9.14 Å². The van der Waals surface area contributed by atoms with Crippen molar-refractivity contribution in [1.82, 2.24) is 0 Å². The van der Waals surface area contributed by atoms with Gasteiger partial charge in [-0.2, -0.15) is 0 Å². The van der Waals surface area contributed by atoms with Gasteiger partial charge in [0.2, 0.25) is 6.10 Å². The topological polar surface area (TPSA) is 39.0 Å². The molecule has 33 heavy (non-hydrogen) atoms. The summed E-state index contributed by atoms with van der Waals surface area (Å²) < 4.78 is 23.6. The third kappa shape index (κ3) is 15.9. The van der Waals surface area contributed by atoms with Crippen molar-refractivity contribution in [3.8, 4) is 0 Å². The summed E-state index contributed by atoms with van der Waals surface area (Å²) in [6.07, 6.45) is 1.48. The van der Waals surface area contributed by atoms with Crippen molar-refractivity contribution in [2.45, 2.75) is 45.2 Å². The van der Waals surface area contributed by atoms with Crippen molar-refractivity contribution >= 4 is 68.1 Å². The molecule has 0 aliphatic carbocycles. The van der Waals surface area contributed by atoms with Crippen molar-refractivity contribution in [3.63, 3.8) is 0 Å². The molecule has 4 nitrogen and oxygen atoms in total. The number of ether oxygens (including phenoxy) is 3. The van der Waals surface area contributed by atoms with E-state index in [1.54, 1.807) is 0 Å². The summed E-state index contributed by atoms with van der Waals surface area (Å²) >= 11 is 0. The first-order valence-electron chi connectivity index (χ1n) is 10.3. The van der Waals surface area contributed by atoms with Crippen molar-refractivity contribution in [1.29, 1.82) is 0 Å². The van der Waals surface area contributed by atoms with Gasteiger partial charge >= 0.3 is 68.1 Å². The number of rotatable bonds is 8. The molecule has 0 radical (unpaired) electrons. The number of halogens is 6. The standard InChI is InChI=1S/C22H27O4.6ClH.Sb/c1-2-24-22-14-13-20(25-16-19-11-7-4-8-12-19)21(26-22)17-23-15-18-9-5-3-6-10-18;;;;;;;/h3-12,20-21H,2,13-17H2,1H3;6*1H;/q+1;;;;;;;+5/p-6/t20-,21+;;;;;;;/m0......./s1. The molecular weight excluding hydrogens is 663 g/mol. The first-order valence-corrected chi connectivity index (χ1v) is 29.7. The molecule has 0 spiro atoms. The third-order valence-corrected chi connectivity index (χ3v) is 4.34. The van der Waals surface area contributed by atoms with Crippen molar-refractivity contribution < 1.29 is 18.6 Å². The Hall–Kier alpha value is 0.388. The predicted molar refractivity (Wildman–Crippen MR) is 142 cm³/mol. The van der Waals surface area contributed by atoms with Crippen LogP contribution in [0.15, 0.2) is 60.7 Å². The molecule has 0 aromatic heterocycles. The molecular formula is C22H27Cl6O4Sb. The van der Waals surface area contributed by atoms with Gasteiger partial charge in [0.1, 0.15) is 19.1 Å². The van der Waals surface area contributed by atoms with Crippen LogP contribution in [-0.2, 0) is 31.8 Å². The van der Waals surface area contributed by atoms with E-state index in [4.69, 9.17) is 71.6 Å². The molecule has 0 amide bonds. The third-order valence-electron chi connectivity index (χ3n) is 4.34. The average molecular weight is 690 g/mol. The van der Waals surface area contributed by atoms with Gasteiger partial charge in [0.15, 0.2) is 6.61 Å². The Morgan fingerprint density at radius 3 is 1.91 bits per heavy atom. The Kier molecular flexibility index (Phi) is 11.3. The van der Waals surface area contributed by atoms with E-state index in [1.807, 2.05) is 43.3 Å². The zero-order chi connectivity index (χ0) is 24.4. The molecule has 1 aliphatic rings. The summed E-state index contributed by atoms with van der Waals surface area (Å²) in [5.41, 5.74) is 2.31. The van der Waals surface area contributed by atoms with Gasteiger partial charge in [0, 0.05) is 0 Å². The van der Waals surface area contributed by atoms with E-state index in [1.165, 1.54) is 0 Å². The molecule has 2 atom stereocenters. The quantitative estimate of drug-likeness (QED) is 0.161. The minimum absolute atomic E-state index is 0.00446. The van der Waals surface area contributed by atoms with Crippen LogP contribution in [0, 0.1) is 0 Å². The zero-order valence-electron chi connectivity index (χ0n) is 18.0. The summed E-state index contributed by atoms with van der Waals surface area (Å²) in [6.45, 7) is 4.20. The van der Waals surface area contributed by atoms with Crippen LogP contribution >= 0.6 is 53.0 Å². The van der Waals surface area contributed by atoms with Crippen LogP contribution in [0.3, 0.4) is 0 Å². The molecule has 11 heteroatoms. The fraction of sp³-hybridized carbons (Fsp3) is 0.409. The van der Waals surface area contributed by atoms with Crippen molar-refractivity contribution in [2.75, 3.05) is 13.2 Å². The van der Waals surface area contributed by atoms with E-state index in [-0.39, 0.29) is 12.2 Å². The molecule has 2 aromatic rings. The van der Waals surface area contributed by atoms with Crippen molar-refractivity contribution in [2.24, 2.45) is 0 Å². The first-order chi connectivity index (χ1) is 15.3. The Morgan fingerprint density at radius 2 is 1.39 bits per heavy atom. The molecule has 0 bridgehead atoms. The van der Waals surface area contributed by atoms with Crippen molar-refractivity contribution in [3.05, 3.63) is 71.8 Å². The van der Waals surface area contributed by atoms with E-state index in [0.717, 1.165) is 24.0 Å². The molecule has 186 valence electrons. The summed E-state index contributed by atoms with van der Waals surface area (Å²) in [5.74, 6) is 0.695. The molecule has 1 saturated heterocycles. The van der Waals surface area contributed by atoms with E-state index in [0.29, 0.717) is 32.4 Å². The maximum absolute atomic E-state index is 6.14. The Morgan fingerprint density at radius 1 is 0.879 bits per heavy atom. The van der Waals surface area contributed by atoms with E-state index in [9.17, 15) is 0 Å². The second-order valence-electron chi connectivity index (χ2n) is 7.29. The Bertz CT molecular complexity index is 865. The van der Waals surface area contributed by atoms with Gasteiger partial charge in [-0.1, -0.05) is 60.7 Å². The van der Waals surface area contributed by atoms with Crippen LogP contribution in [0.25, 0.3) is 0 Å². The zero-order valence-corrected chi connectivity index (χ0v) is 25.1. The number of hydrogen-bond donors (Lipinski definition) is 0. The fourth-order valence-corrected chi connectivity index (χ4v) is 2.99. The summed E-state index contributed by atoms with van der Waals surface area (Å²) in [4.78, 5) is 0. The normalized spacial score (nSPS) is 21.8. The SMILES string of the molecule is CC[O+]=C1CC[C@H](OCc2ccccc2)[C@@H](COCc2ccccc2)O1.[Cl][Sb-]([Cl])([Cl])([Cl])([Cl])[Cl]. The van der Waals surface area contributed by atoms with Crippen LogP contribution in [0.5, 0.6) is 0 Å². The van der Waals surface area contributed by atoms with Crippen LogP contribution < -0.4 is 0 Å². The molecule has 2 aromatic carbocycles. The van der Waals surface area contributed by atoms with Gasteiger partial charge in [0.05, 0.1) is 13.2 Å². The monoisotopic (exact) mass is 686 g/mol. The molecule has 1 heterocycles. The molecule has 3 rings (SSSR count). The molecule has 0 unspecified atom stereocenters. The van der Waals surface area contributed by atoms with E-state index in [2.05, 4.69) is 24.3 Å². The number of esters is 1. The summed E-state index contributed by atoms with van der Waals surface area (Å²) in [7, 11) is 25.0. The molecule has 1 aliphatic heterocycles. The second kappa shape index (κ2) is 12.6. The van der Waals surface area contributed by atoms with Crippen LogP contribution in [0.4, 0.5) is 0 Å². The summed E-state index contributed by atoms with van der Waals surface area (Å²) in [5, 5.41) is 0. The number of carbonyl (C=O) groups excluding carboxylic acids is 1. The van der Waals surface area contributed by atoms with Gasteiger partial charge in [-0.05, 0) is 24.5 Å². The number of cyclic esters (lactones) is 1. The van der Waals surface area contributed by atoms with Gasteiger partial charge in [0.25, 0.3) is 0 Å². The summed E-state index contributed by atoms with van der Waals surface area (Å²) in [6, 6.07) is 20.4. The fourth-order valence-electron chi connectivity index (χ4n) is 2.99. The van der Waals surface area contributed by atoms with E-state index >= 15 is 0 Å². The molecule has 0 N–H and O–H groups in total.